The van der Waals surface area contributed by atoms with E-state index in [4.69, 9.17) is 9.15 Å². The second-order valence-corrected chi connectivity index (χ2v) is 7.23. The lowest BCUT2D eigenvalue weighted by molar-refractivity contribution is 0.102. The molecular formula is C26H24N2O3. The molecule has 0 unspecified atom stereocenters. The lowest BCUT2D eigenvalue weighted by Crippen LogP contribution is -2.14. The molecule has 0 fully saturated rings. The first-order valence-electron chi connectivity index (χ1n) is 10.2. The van der Waals surface area contributed by atoms with Crippen LogP contribution in [0.1, 0.15) is 28.4 Å². The number of amides is 1. The van der Waals surface area contributed by atoms with Gasteiger partial charge in [-0.05, 0) is 74.4 Å². The van der Waals surface area contributed by atoms with Crippen LogP contribution >= 0.6 is 0 Å². The van der Waals surface area contributed by atoms with E-state index >= 15 is 0 Å². The van der Waals surface area contributed by atoms with Crippen molar-refractivity contribution in [3.8, 4) is 28.5 Å². The van der Waals surface area contributed by atoms with Crippen molar-refractivity contribution >= 4 is 11.6 Å². The Bertz CT molecular complexity index is 1210. The number of nitrogens with zero attached hydrogens (tertiary/aromatic N) is 1. The molecule has 0 saturated heterocycles. The Morgan fingerprint density at radius 3 is 2.55 bits per heavy atom. The summed E-state index contributed by atoms with van der Waals surface area (Å²) in [5.41, 5.74) is 4.99. The van der Waals surface area contributed by atoms with Crippen LogP contribution in [-0.4, -0.2) is 17.5 Å². The van der Waals surface area contributed by atoms with E-state index in [2.05, 4.69) is 10.3 Å². The van der Waals surface area contributed by atoms with E-state index in [0.717, 1.165) is 28.1 Å². The highest BCUT2D eigenvalue weighted by Crippen LogP contribution is 2.30. The van der Waals surface area contributed by atoms with Gasteiger partial charge in [0.1, 0.15) is 5.75 Å². The van der Waals surface area contributed by atoms with Gasteiger partial charge in [0.05, 0.1) is 18.4 Å². The Balaban J connectivity index is 1.61. The summed E-state index contributed by atoms with van der Waals surface area (Å²) in [7, 11) is 0. The third kappa shape index (κ3) is 4.36. The number of oxazole rings is 1. The van der Waals surface area contributed by atoms with E-state index in [1.807, 2.05) is 81.4 Å². The van der Waals surface area contributed by atoms with Crippen LogP contribution in [0.15, 0.2) is 77.3 Å². The number of hydrogen-bond acceptors (Lipinski definition) is 4. The molecule has 0 bridgehead atoms. The van der Waals surface area contributed by atoms with Crippen LogP contribution < -0.4 is 10.1 Å². The number of rotatable bonds is 6. The molecule has 0 spiro atoms. The summed E-state index contributed by atoms with van der Waals surface area (Å²) in [6.07, 6.45) is 1.67. The first-order valence-corrected chi connectivity index (χ1v) is 10.2. The van der Waals surface area contributed by atoms with Gasteiger partial charge in [-0.15, -0.1) is 0 Å². The molecule has 3 aromatic carbocycles. The number of carbonyl (C=O) groups excluding carboxylic acids is 1. The molecule has 5 nitrogen and oxygen atoms in total. The highest BCUT2D eigenvalue weighted by atomic mass is 16.5. The number of anilines is 1. The summed E-state index contributed by atoms with van der Waals surface area (Å²) in [6, 6.07) is 20.8. The number of benzene rings is 3. The van der Waals surface area contributed by atoms with Crippen LogP contribution in [0.3, 0.4) is 0 Å². The van der Waals surface area contributed by atoms with Crippen LogP contribution in [0.25, 0.3) is 22.8 Å². The fourth-order valence-electron chi connectivity index (χ4n) is 3.36. The van der Waals surface area contributed by atoms with Crippen molar-refractivity contribution in [2.75, 3.05) is 11.9 Å². The molecule has 5 heteroatoms. The van der Waals surface area contributed by atoms with E-state index in [1.54, 1.807) is 12.3 Å². The van der Waals surface area contributed by atoms with E-state index in [9.17, 15) is 4.79 Å². The Morgan fingerprint density at radius 2 is 1.77 bits per heavy atom. The number of nitrogens with one attached hydrogen (secondary N) is 1. The quantitative estimate of drug-likeness (QED) is 0.405. The molecule has 0 aliphatic carbocycles. The Hall–Kier alpha value is -3.86. The maximum absolute atomic E-state index is 13.1. The largest absolute Gasteiger partial charge is 0.494 e. The molecule has 1 aromatic heterocycles. The molecule has 4 rings (SSSR count). The fraction of sp³-hybridized carbons (Fsp3) is 0.154. The maximum atomic E-state index is 13.1. The molecule has 1 heterocycles. The zero-order valence-electron chi connectivity index (χ0n) is 17.8. The minimum Gasteiger partial charge on any atom is -0.494 e. The third-order valence-electron chi connectivity index (χ3n) is 5.21. The van der Waals surface area contributed by atoms with Gasteiger partial charge in [-0.1, -0.05) is 24.3 Å². The van der Waals surface area contributed by atoms with Crippen LogP contribution in [0.2, 0.25) is 0 Å². The maximum Gasteiger partial charge on any atom is 0.256 e. The predicted octanol–water partition coefficient (Wildman–Crippen LogP) is 6.28. The molecule has 0 saturated carbocycles. The Kier molecular flexibility index (Phi) is 5.85. The van der Waals surface area contributed by atoms with Crippen molar-refractivity contribution in [2.24, 2.45) is 0 Å². The topological polar surface area (TPSA) is 64.4 Å². The summed E-state index contributed by atoms with van der Waals surface area (Å²) in [4.78, 5) is 17.5. The summed E-state index contributed by atoms with van der Waals surface area (Å²) in [6.45, 7) is 6.58. The number of hydrogen-bond donors (Lipinski definition) is 1. The van der Waals surface area contributed by atoms with Gasteiger partial charge in [0.2, 0.25) is 5.89 Å². The van der Waals surface area contributed by atoms with E-state index in [1.165, 1.54) is 0 Å². The van der Waals surface area contributed by atoms with Gasteiger partial charge in [0, 0.05) is 16.8 Å². The van der Waals surface area contributed by atoms with Crippen molar-refractivity contribution in [3.63, 3.8) is 0 Å². The molecule has 31 heavy (non-hydrogen) atoms. The lowest BCUT2D eigenvalue weighted by Gasteiger charge is -2.12. The molecule has 0 radical (unpaired) electrons. The standard InChI is InChI=1S/C26H24N2O3/c1-4-30-20-14-12-19(13-15-20)24-16-27-26(31-24)22-10-6-5-9-21(22)25(29)28-23-11-7-8-17(2)18(23)3/h5-16H,4H2,1-3H3,(H,28,29). The third-order valence-corrected chi connectivity index (χ3v) is 5.21. The molecule has 0 aliphatic rings. The summed E-state index contributed by atoms with van der Waals surface area (Å²) in [5.74, 6) is 1.63. The molecule has 0 atom stereocenters. The molecule has 1 N–H and O–H groups in total. The van der Waals surface area contributed by atoms with Gasteiger partial charge < -0.3 is 14.5 Å². The number of carbonyl (C=O) groups is 1. The van der Waals surface area contributed by atoms with Crippen molar-refractivity contribution < 1.29 is 13.9 Å². The van der Waals surface area contributed by atoms with Gasteiger partial charge in [-0.3, -0.25) is 4.79 Å². The molecule has 156 valence electrons. The first-order chi connectivity index (χ1) is 15.1. The van der Waals surface area contributed by atoms with Crippen LogP contribution in [0.4, 0.5) is 5.69 Å². The fourth-order valence-corrected chi connectivity index (χ4v) is 3.36. The first kappa shape index (κ1) is 20.4. The van der Waals surface area contributed by atoms with Crippen molar-refractivity contribution in [2.45, 2.75) is 20.8 Å². The van der Waals surface area contributed by atoms with Crippen molar-refractivity contribution in [1.29, 1.82) is 0 Å². The zero-order chi connectivity index (χ0) is 21.8. The van der Waals surface area contributed by atoms with Crippen LogP contribution in [0.5, 0.6) is 5.75 Å². The van der Waals surface area contributed by atoms with Gasteiger partial charge in [-0.25, -0.2) is 4.98 Å². The van der Waals surface area contributed by atoms with Gasteiger partial charge in [-0.2, -0.15) is 0 Å². The average molecular weight is 412 g/mol. The molecule has 0 aliphatic heterocycles. The van der Waals surface area contributed by atoms with Gasteiger partial charge in [0.15, 0.2) is 5.76 Å². The Morgan fingerprint density at radius 1 is 1.00 bits per heavy atom. The normalized spacial score (nSPS) is 10.7. The SMILES string of the molecule is CCOc1ccc(-c2cnc(-c3ccccc3C(=O)Nc3cccc(C)c3C)o2)cc1. The average Bonchev–Trinajstić information content (AvgIpc) is 3.28. The Labute approximate surface area is 181 Å². The monoisotopic (exact) mass is 412 g/mol. The number of ether oxygens (including phenoxy) is 1. The van der Waals surface area contributed by atoms with Crippen LogP contribution in [-0.2, 0) is 0 Å². The van der Waals surface area contributed by atoms with Crippen LogP contribution in [0, 0.1) is 13.8 Å². The number of aromatic nitrogens is 1. The lowest BCUT2D eigenvalue weighted by atomic mass is 10.1. The minimum atomic E-state index is -0.204. The van der Waals surface area contributed by atoms with Crippen molar-refractivity contribution in [1.82, 2.24) is 4.98 Å². The second-order valence-electron chi connectivity index (χ2n) is 7.23. The molecule has 4 aromatic rings. The zero-order valence-corrected chi connectivity index (χ0v) is 17.8. The van der Waals surface area contributed by atoms with E-state index in [-0.39, 0.29) is 5.91 Å². The molecular weight excluding hydrogens is 388 g/mol. The number of aryl methyl sites for hydroxylation is 1. The summed E-state index contributed by atoms with van der Waals surface area (Å²) >= 11 is 0. The highest BCUT2D eigenvalue weighted by molar-refractivity contribution is 6.08. The smallest absolute Gasteiger partial charge is 0.256 e. The minimum absolute atomic E-state index is 0.204. The van der Waals surface area contributed by atoms with Gasteiger partial charge in [0.25, 0.3) is 5.91 Å². The summed E-state index contributed by atoms with van der Waals surface area (Å²) in [5, 5.41) is 3.01. The summed E-state index contributed by atoms with van der Waals surface area (Å²) < 4.78 is 11.5. The second kappa shape index (κ2) is 8.88. The van der Waals surface area contributed by atoms with Crippen molar-refractivity contribution in [3.05, 3.63) is 89.6 Å². The van der Waals surface area contributed by atoms with Gasteiger partial charge >= 0.3 is 0 Å². The van der Waals surface area contributed by atoms with E-state index < -0.39 is 0 Å². The molecule has 1 amide bonds. The van der Waals surface area contributed by atoms with E-state index in [0.29, 0.717) is 29.4 Å². The highest BCUT2D eigenvalue weighted by Gasteiger charge is 2.18. The predicted molar refractivity (Wildman–Crippen MR) is 122 cm³/mol.